The second-order valence-corrected chi connectivity index (χ2v) is 17.4. The molecule has 0 aliphatic rings. The topological polar surface area (TPSA) is 3.24 Å². The summed E-state index contributed by atoms with van der Waals surface area (Å²) in [5.74, 6) is 1.57. The third-order valence-electron chi connectivity index (χ3n) is 12.2. The molecule has 318 valence electrons. The van der Waals surface area contributed by atoms with Gasteiger partial charge in [0.15, 0.2) is 0 Å². The fourth-order valence-corrected chi connectivity index (χ4v) is 8.38. The van der Waals surface area contributed by atoms with E-state index in [1.807, 2.05) is 0 Å². The monoisotopic (exact) mass is 792 g/mol. The van der Waals surface area contributed by atoms with Crippen LogP contribution >= 0.6 is 0 Å². The second kappa shape index (κ2) is 30.0. The summed E-state index contributed by atoms with van der Waals surface area (Å²) in [6.07, 6.45) is 40.7. The molecule has 0 amide bonds. The lowest BCUT2D eigenvalue weighted by Crippen LogP contribution is -2.34. The Hall–Kier alpha value is -4.10. The van der Waals surface area contributed by atoms with Crippen molar-refractivity contribution in [2.24, 2.45) is 11.8 Å². The van der Waals surface area contributed by atoms with Gasteiger partial charge in [0.05, 0.1) is 0 Å². The van der Waals surface area contributed by atoms with Crippen molar-refractivity contribution < 1.29 is 0 Å². The maximum Gasteiger partial charge on any atom is 0.0366 e. The summed E-state index contributed by atoms with van der Waals surface area (Å²) in [6.45, 7) is 11.8. The van der Waals surface area contributed by atoms with Gasteiger partial charge >= 0.3 is 0 Å². The van der Waals surface area contributed by atoms with Gasteiger partial charge in [-0.25, -0.2) is 0 Å². The summed E-state index contributed by atoms with van der Waals surface area (Å²) in [4.78, 5) is 2.84. The molecule has 0 N–H and O–H groups in total. The summed E-state index contributed by atoms with van der Waals surface area (Å²) < 4.78 is 0. The third-order valence-corrected chi connectivity index (χ3v) is 12.2. The lowest BCUT2D eigenvalue weighted by atomic mass is 9.91. The molecule has 4 aromatic carbocycles. The molecule has 0 atom stereocenters. The van der Waals surface area contributed by atoms with Crippen LogP contribution in [0.2, 0.25) is 0 Å². The highest BCUT2D eigenvalue weighted by Crippen LogP contribution is 2.28. The predicted molar refractivity (Wildman–Crippen MR) is 267 cm³/mol. The van der Waals surface area contributed by atoms with E-state index < -0.39 is 0 Å². The minimum absolute atomic E-state index is 0.787. The Labute approximate surface area is 363 Å². The van der Waals surface area contributed by atoms with Crippen LogP contribution < -0.4 is 4.90 Å². The van der Waals surface area contributed by atoms with Crippen LogP contribution in [-0.2, 0) is 0 Å². The van der Waals surface area contributed by atoms with Gasteiger partial charge in [0.2, 0.25) is 0 Å². The highest BCUT2D eigenvalue weighted by atomic mass is 15.1. The van der Waals surface area contributed by atoms with Crippen LogP contribution in [0, 0.1) is 11.8 Å². The predicted octanol–water partition coefficient (Wildman–Crippen LogP) is 18.1. The minimum Gasteiger partial charge on any atom is -0.371 e. The molecule has 59 heavy (non-hydrogen) atoms. The van der Waals surface area contributed by atoms with Crippen LogP contribution in [0.25, 0.3) is 36.5 Å². The van der Waals surface area contributed by atoms with E-state index >= 15 is 0 Å². The third kappa shape index (κ3) is 20.1. The lowest BCUT2D eigenvalue weighted by Gasteiger charge is -2.33. The molecule has 1 heteroatoms. The molecular formula is C58H81N. The SMILES string of the molecule is CCCCCCC(CCCCCC)CN(CC(CCCCCC)CCCCCC)c1ccc(/C=C/c2ccc(/C=C/c3ccc(/C=C/c4ccccc4)cc3)cc2)cc1. The highest BCUT2D eigenvalue weighted by molar-refractivity contribution is 5.75. The van der Waals surface area contributed by atoms with E-state index in [-0.39, 0.29) is 0 Å². The van der Waals surface area contributed by atoms with Gasteiger partial charge in [-0.3, -0.25) is 0 Å². The summed E-state index contributed by atoms with van der Waals surface area (Å²) >= 11 is 0. The normalized spacial score (nSPS) is 12.0. The van der Waals surface area contributed by atoms with Gasteiger partial charge in [-0.2, -0.15) is 0 Å². The first-order valence-corrected chi connectivity index (χ1v) is 24.2. The first-order valence-electron chi connectivity index (χ1n) is 24.2. The van der Waals surface area contributed by atoms with Gasteiger partial charge in [-0.1, -0.05) is 258 Å². The van der Waals surface area contributed by atoms with Crippen LogP contribution in [0.4, 0.5) is 5.69 Å². The fourth-order valence-electron chi connectivity index (χ4n) is 8.38. The van der Waals surface area contributed by atoms with Gasteiger partial charge in [0.1, 0.15) is 0 Å². The first kappa shape index (κ1) is 47.6. The van der Waals surface area contributed by atoms with E-state index in [2.05, 4.69) is 172 Å². The molecule has 0 aromatic heterocycles. The Balaban J connectivity index is 1.42. The number of nitrogens with zero attached hydrogens (tertiary/aromatic N) is 1. The van der Waals surface area contributed by atoms with Crippen molar-refractivity contribution in [2.45, 2.75) is 156 Å². The van der Waals surface area contributed by atoms with Crippen molar-refractivity contribution in [3.8, 4) is 0 Å². The van der Waals surface area contributed by atoms with Gasteiger partial charge in [-0.05, 0) is 83.0 Å². The van der Waals surface area contributed by atoms with Crippen molar-refractivity contribution in [3.63, 3.8) is 0 Å². The summed E-state index contributed by atoms with van der Waals surface area (Å²) in [6, 6.07) is 37.6. The molecular weight excluding hydrogens is 711 g/mol. The van der Waals surface area contributed by atoms with E-state index in [1.165, 1.54) is 181 Å². The van der Waals surface area contributed by atoms with E-state index in [9.17, 15) is 0 Å². The molecule has 0 unspecified atom stereocenters. The Morgan fingerprint density at radius 3 is 0.881 bits per heavy atom. The second-order valence-electron chi connectivity index (χ2n) is 17.4. The molecule has 4 aromatic rings. The molecule has 0 bridgehead atoms. The van der Waals surface area contributed by atoms with Crippen LogP contribution in [0.1, 0.15) is 189 Å². The van der Waals surface area contributed by atoms with Crippen molar-refractivity contribution in [2.75, 3.05) is 18.0 Å². The van der Waals surface area contributed by atoms with E-state index in [4.69, 9.17) is 0 Å². The summed E-state index contributed by atoms with van der Waals surface area (Å²) in [5, 5.41) is 0. The smallest absolute Gasteiger partial charge is 0.0366 e. The fraction of sp³-hybridized carbons (Fsp3) is 0.483. The lowest BCUT2D eigenvalue weighted by molar-refractivity contribution is 0.368. The highest BCUT2D eigenvalue weighted by Gasteiger charge is 2.19. The number of rotatable bonds is 31. The van der Waals surface area contributed by atoms with E-state index in [0.717, 1.165) is 11.8 Å². The van der Waals surface area contributed by atoms with Crippen LogP contribution in [0.15, 0.2) is 103 Å². The average molecular weight is 792 g/mol. The minimum atomic E-state index is 0.787. The number of anilines is 1. The molecule has 0 fully saturated rings. The number of hydrogen-bond acceptors (Lipinski definition) is 1. The maximum atomic E-state index is 2.84. The number of unbranched alkanes of at least 4 members (excludes halogenated alkanes) is 12. The largest absolute Gasteiger partial charge is 0.371 e. The molecule has 0 aliphatic heterocycles. The number of hydrogen-bond donors (Lipinski definition) is 0. The molecule has 0 spiro atoms. The van der Waals surface area contributed by atoms with Gasteiger partial charge in [-0.15, -0.1) is 0 Å². The van der Waals surface area contributed by atoms with Crippen molar-refractivity contribution in [3.05, 3.63) is 137 Å². The number of benzene rings is 4. The molecule has 0 radical (unpaired) electrons. The van der Waals surface area contributed by atoms with Crippen LogP contribution in [0.5, 0.6) is 0 Å². The Bertz CT molecular complexity index is 1640. The van der Waals surface area contributed by atoms with Crippen LogP contribution in [0.3, 0.4) is 0 Å². The summed E-state index contributed by atoms with van der Waals surface area (Å²) in [7, 11) is 0. The van der Waals surface area contributed by atoms with Crippen molar-refractivity contribution in [1.29, 1.82) is 0 Å². The molecule has 1 nitrogen and oxygen atoms in total. The standard InChI is InChI=1S/C58H81N/c1-5-9-13-18-26-56(27-19-14-10-6-2)48-59(49-57(28-20-15-11-7-3)29-21-16-12-8-4)58-46-44-55(45-47-58)43-42-54-40-38-53(39-41-54)37-36-52-34-32-51(33-35-52)31-30-50-24-22-17-23-25-50/h17,22-25,30-47,56-57H,5-16,18-21,26-29,48-49H2,1-4H3/b31-30+,37-36+,43-42+. The van der Waals surface area contributed by atoms with Crippen molar-refractivity contribution >= 4 is 42.1 Å². The zero-order valence-electron chi connectivity index (χ0n) is 37.9. The maximum absolute atomic E-state index is 2.84. The zero-order chi connectivity index (χ0) is 41.6. The Kier molecular flexibility index (Phi) is 24.2. The van der Waals surface area contributed by atoms with Gasteiger partial charge in [0, 0.05) is 18.8 Å². The first-order chi connectivity index (χ1) is 29.1. The quantitative estimate of drug-likeness (QED) is 0.0362. The molecule has 0 saturated heterocycles. The van der Waals surface area contributed by atoms with Crippen molar-refractivity contribution in [1.82, 2.24) is 0 Å². The van der Waals surface area contributed by atoms with Gasteiger partial charge < -0.3 is 4.90 Å². The molecule has 0 saturated carbocycles. The molecule has 0 aliphatic carbocycles. The van der Waals surface area contributed by atoms with E-state index in [1.54, 1.807) is 0 Å². The average Bonchev–Trinajstić information content (AvgIpc) is 3.28. The van der Waals surface area contributed by atoms with Gasteiger partial charge in [0.25, 0.3) is 0 Å². The zero-order valence-corrected chi connectivity index (χ0v) is 37.9. The molecule has 0 heterocycles. The Morgan fingerprint density at radius 1 is 0.322 bits per heavy atom. The molecule has 4 rings (SSSR count). The Morgan fingerprint density at radius 2 is 0.593 bits per heavy atom. The van der Waals surface area contributed by atoms with E-state index in [0.29, 0.717) is 0 Å². The van der Waals surface area contributed by atoms with Crippen LogP contribution in [-0.4, -0.2) is 13.1 Å². The summed E-state index contributed by atoms with van der Waals surface area (Å²) in [5.41, 5.74) is 8.76.